The van der Waals surface area contributed by atoms with Gasteiger partial charge in [-0.05, 0) is 47.5 Å². The molecule has 1 aliphatic rings. The fraction of sp³-hybridized carbons (Fsp3) is 0.278. The maximum atomic E-state index is 12.8. The first-order valence-electron chi connectivity index (χ1n) is 8.06. The number of pyridine rings is 1. The normalized spacial score (nSPS) is 14.9. The zero-order valence-electron chi connectivity index (χ0n) is 15.0. The molecule has 9 heteroatoms. The molecule has 0 unspecified atom stereocenters. The number of esters is 1. The molecule has 0 spiro atoms. The minimum atomic E-state index is -1.14. The average Bonchev–Trinajstić information content (AvgIpc) is 2.64. The maximum absolute atomic E-state index is 12.8. The summed E-state index contributed by atoms with van der Waals surface area (Å²) in [5, 5.41) is 11.0. The predicted molar refractivity (Wildman–Crippen MR) is 94.6 cm³/mol. The van der Waals surface area contributed by atoms with Crippen LogP contribution in [-0.4, -0.2) is 34.5 Å². The van der Waals surface area contributed by atoms with Crippen LogP contribution in [0, 0.1) is 10.1 Å². The van der Waals surface area contributed by atoms with Crippen molar-refractivity contribution in [1.82, 2.24) is 4.98 Å². The zero-order chi connectivity index (χ0) is 19.8. The SMILES string of the molecule is COC(=O)c1ccc(CN2C(=O)C(C)(C)Oc3ccc([N+](=O)[O-])nc32)cc1. The number of carbonyl (C=O) groups excluding carboxylic acids is 2. The Bertz CT molecular complexity index is 923. The van der Waals surface area contributed by atoms with Crippen LogP contribution in [0.15, 0.2) is 36.4 Å². The molecule has 0 radical (unpaired) electrons. The molecule has 3 rings (SSSR count). The Kier molecular flexibility index (Phi) is 4.52. The first kappa shape index (κ1) is 18.3. The van der Waals surface area contributed by atoms with Crippen LogP contribution in [0.2, 0.25) is 0 Å². The second kappa shape index (κ2) is 6.67. The standard InChI is InChI=1S/C18H17N3O6/c1-18(2)17(23)20(10-11-4-6-12(7-5-11)16(22)26-3)15-13(27-18)8-9-14(19-15)21(24)25/h4-9H,10H2,1-3H3. The largest absolute Gasteiger partial charge is 0.472 e. The number of benzene rings is 1. The second-order valence-corrected chi connectivity index (χ2v) is 6.44. The molecule has 1 aliphatic heterocycles. The highest BCUT2D eigenvalue weighted by Gasteiger charge is 2.44. The third kappa shape index (κ3) is 3.43. The van der Waals surface area contributed by atoms with Gasteiger partial charge in [0.25, 0.3) is 11.7 Å². The molecule has 1 aromatic carbocycles. The minimum absolute atomic E-state index is 0.0885. The first-order valence-corrected chi connectivity index (χ1v) is 8.06. The fourth-order valence-electron chi connectivity index (χ4n) is 2.73. The molecule has 27 heavy (non-hydrogen) atoms. The summed E-state index contributed by atoms with van der Waals surface area (Å²) in [4.78, 5) is 40.1. The number of anilines is 1. The van der Waals surface area contributed by atoms with Gasteiger partial charge in [0, 0.05) is 6.07 Å². The number of rotatable bonds is 4. The van der Waals surface area contributed by atoms with Crippen molar-refractivity contribution in [3.05, 3.63) is 57.6 Å². The molecule has 0 N–H and O–H groups in total. The number of methoxy groups -OCH3 is 1. The number of carbonyl (C=O) groups is 2. The molecular formula is C18H17N3O6. The molecule has 140 valence electrons. The zero-order valence-corrected chi connectivity index (χ0v) is 15.0. The number of hydrogen-bond acceptors (Lipinski definition) is 7. The van der Waals surface area contributed by atoms with Gasteiger partial charge in [0.2, 0.25) is 0 Å². The van der Waals surface area contributed by atoms with E-state index < -0.39 is 16.5 Å². The lowest BCUT2D eigenvalue weighted by atomic mass is 10.0. The Balaban J connectivity index is 1.98. The summed E-state index contributed by atoms with van der Waals surface area (Å²) in [6.07, 6.45) is 0. The Morgan fingerprint density at radius 2 is 1.93 bits per heavy atom. The topological polar surface area (TPSA) is 112 Å². The van der Waals surface area contributed by atoms with E-state index in [0.29, 0.717) is 11.1 Å². The summed E-state index contributed by atoms with van der Waals surface area (Å²) in [5.41, 5.74) is -0.0476. The monoisotopic (exact) mass is 371 g/mol. The van der Waals surface area contributed by atoms with Gasteiger partial charge in [0.15, 0.2) is 11.4 Å². The highest BCUT2D eigenvalue weighted by atomic mass is 16.6. The van der Waals surface area contributed by atoms with Gasteiger partial charge in [-0.25, -0.2) is 4.79 Å². The summed E-state index contributed by atoms with van der Waals surface area (Å²) in [7, 11) is 1.29. The van der Waals surface area contributed by atoms with Gasteiger partial charge < -0.3 is 19.6 Å². The number of amides is 1. The lowest BCUT2D eigenvalue weighted by Crippen LogP contribution is -2.52. The summed E-state index contributed by atoms with van der Waals surface area (Å²) in [6, 6.07) is 9.19. The van der Waals surface area contributed by atoms with Gasteiger partial charge in [-0.15, -0.1) is 0 Å². The van der Waals surface area contributed by atoms with Crippen molar-refractivity contribution in [1.29, 1.82) is 0 Å². The third-order valence-corrected chi connectivity index (χ3v) is 4.11. The highest BCUT2D eigenvalue weighted by molar-refractivity contribution is 6.01. The van der Waals surface area contributed by atoms with E-state index in [9.17, 15) is 19.7 Å². The van der Waals surface area contributed by atoms with Gasteiger partial charge in [-0.1, -0.05) is 12.1 Å². The molecule has 0 bridgehead atoms. The number of nitro groups is 1. The maximum Gasteiger partial charge on any atom is 0.366 e. The summed E-state index contributed by atoms with van der Waals surface area (Å²) >= 11 is 0. The molecular weight excluding hydrogens is 354 g/mol. The third-order valence-electron chi connectivity index (χ3n) is 4.11. The molecule has 0 fully saturated rings. The highest BCUT2D eigenvalue weighted by Crippen LogP contribution is 2.38. The van der Waals surface area contributed by atoms with Gasteiger partial charge in [0.1, 0.15) is 0 Å². The fourth-order valence-corrected chi connectivity index (χ4v) is 2.73. The molecule has 0 saturated carbocycles. The number of ether oxygens (including phenoxy) is 2. The number of aromatic nitrogens is 1. The van der Waals surface area contributed by atoms with E-state index in [1.54, 1.807) is 38.1 Å². The lowest BCUT2D eigenvalue weighted by Gasteiger charge is -2.35. The number of hydrogen-bond donors (Lipinski definition) is 0. The van der Waals surface area contributed by atoms with Gasteiger partial charge in [-0.3, -0.25) is 9.69 Å². The van der Waals surface area contributed by atoms with Gasteiger partial charge >= 0.3 is 11.8 Å². The van der Waals surface area contributed by atoms with Crippen molar-refractivity contribution in [2.45, 2.75) is 26.0 Å². The Morgan fingerprint density at radius 3 is 2.52 bits per heavy atom. The molecule has 2 heterocycles. The van der Waals surface area contributed by atoms with Crippen molar-refractivity contribution >= 4 is 23.5 Å². The molecule has 0 aliphatic carbocycles. The molecule has 2 aromatic rings. The van der Waals surface area contributed by atoms with Crippen molar-refractivity contribution in [3.63, 3.8) is 0 Å². The Labute approximate surface area is 154 Å². The molecule has 1 amide bonds. The number of nitrogens with zero attached hydrogens (tertiary/aromatic N) is 3. The van der Waals surface area contributed by atoms with Crippen LogP contribution in [0.1, 0.15) is 29.8 Å². The van der Waals surface area contributed by atoms with Crippen molar-refractivity contribution in [3.8, 4) is 5.75 Å². The molecule has 1 aromatic heterocycles. The van der Waals surface area contributed by atoms with Crippen molar-refractivity contribution in [2.75, 3.05) is 12.0 Å². The van der Waals surface area contributed by atoms with Crippen LogP contribution in [0.25, 0.3) is 0 Å². The van der Waals surface area contributed by atoms with Crippen LogP contribution in [-0.2, 0) is 16.1 Å². The molecule has 0 atom stereocenters. The van der Waals surface area contributed by atoms with E-state index in [0.717, 1.165) is 0 Å². The van der Waals surface area contributed by atoms with Crippen LogP contribution >= 0.6 is 0 Å². The van der Waals surface area contributed by atoms with E-state index in [1.165, 1.54) is 24.1 Å². The predicted octanol–water partition coefficient (Wildman–Crippen LogP) is 2.48. The quantitative estimate of drug-likeness (QED) is 0.461. The van der Waals surface area contributed by atoms with Gasteiger partial charge in [0.05, 0.1) is 19.2 Å². The van der Waals surface area contributed by atoms with E-state index in [-0.39, 0.29) is 29.8 Å². The molecule has 9 nitrogen and oxygen atoms in total. The smallest absolute Gasteiger partial charge is 0.366 e. The first-order chi connectivity index (χ1) is 12.7. The van der Waals surface area contributed by atoms with E-state index in [4.69, 9.17) is 4.74 Å². The average molecular weight is 371 g/mol. The summed E-state index contributed by atoms with van der Waals surface area (Å²) < 4.78 is 10.3. The minimum Gasteiger partial charge on any atom is -0.472 e. The summed E-state index contributed by atoms with van der Waals surface area (Å²) in [5.74, 6) is -0.842. The van der Waals surface area contributed by atoms with Crippen molar-refractivity contribution in [2.24, 2.45) is 0 Å². The molecule has 0 saturated heterocycles. The van der Waals surface area contributed by atoms with Crippen molar-refractivity contribution < 1.29 is 24.0 Å². The Morgan fingerprint density at radius 1 is 1.26 bits per heavy atom. The van der Waals surface area contributed by atoms with E-state index in [2.05, 4.69) is 9.72 Å². The Hall–Kier alpha value is -3.49. The van der Waals surface area contributed by atoms with E-state index >= 15 is 0 Å². The van der Waals surface area contributed by atoms with Crippen LogP contribution in [0.3, 0.4) is 0 Å². The number of fused-ring (bicyclic) bond motifs is 1. The lowest BCUT2D eigenvalue weighted by molar-refractivity contribution is -0.389. The van der Waals surface area contributed by atoms with Crippen LogP contribution in [0.4, 0.5) is 11.6 Å². The van der Waals surface area contributed by atoms with Gasteiger partial charge in [-0.2, -0.15) is 0 Å². The van der Waals surface area contributed by atoms with E-state index in [1.807, 2.05) is 0 Å². The second-order valence-electron chi connectivity index (χ2n) is 6.44. The van der Waals surface area contributed by atoms with Crippen LogP contribution < -0.4 is 9.64 Å². The van der Waals surface area contributed by atoms with Crippen LogP contribution in [0.5, 0.6) is 5.75 Å². The summed E-state index contributed by atoms with van der Waals surface area (Å²) in [6.45, 7) is 3.36.